The molecular formula is C18H19NO2S. The smallest absolute Gasteiger partial charge is 0.120 e. The molecule has 4 heteroatoms. The molecule has 2 aromatic carbocycles. The first kappa shape index (κ1) is 15.0. The first-order valence-corrected chi connectivity index (χ1v) is 8.12. The molecule has 3 rings (SSSR count). The second-order valence-corrected chi connectivity index (χ2v) is 6.59. The van der Waals surface area contributed by atoms with Crippen molar-refractivity contribution in [2.75, 3.05) is 6.54 Å². The van der Waals surface area contributed by atoms with Crippen LogP contribution in [0, 0.1) is 0 Å². The highest BCUT2D eigenvalue weighted by atomic mass is 32.1. The summed E-state index contributed by atoms with van der Waals surface area (Å²) in [6, 6.07) is 15.5. The number of nitrogens with one attached hydrogen (secondary N) is 1. The van der Waals surface area contributed by atoms with Gasteiger partial charge in [-0.3, -0.25) is 0 Å². The number of thiophene rings is 1. The van der Waals surface area contributed by atoms with Crippen molar-refractivity contribution in [3.8, 4) is 5.75 Å². The molecule has 3 nitrogen and oxygen atoms in total. The Bertz CT molecular complexity index is 766. The van der Waals surface area contributed by atoms with Crippen LogP contribution in [-0.2, 0) is 12.1 Å². The quantitative estimate of drug-likeness (QED) is 0.674. The largest absolute Gasteiger partial charge is 0.508 e. The number of rotatable bonds is 5. The standard InChI is InChI=1S/C18H19NO2S/c1-18(21,17-7-4-10-22-17)12-19-11-15-14-6-3-2-5-13(14)8-9-16(15)20/h2-10,19-21H,11-12H2,1H3. The number of phenolic OH excluding ortho intramolecular Hbond substituents is 1. The van der Waals surface area contributed by atoms with E-state index in [0.29, 0.717) is 13.1 Å². The summed E-state index contributed by atoms with van der Waals surface area (Å²) in [5, 5.41) is 28.0. The van der Waals surface area contributed by atoms with Crippen LogP contribution in [0.4, 0.5) is 0 Å². The Hall–Kier alpha value is -1.88. The maximum Gasteiger partial charge on any atom is 0.120 e. The van der Waals surface area contributed by atoms with Gasteiger partial charge in [0.15, 0.2) is 0 Å². The Kier molecular flexibility index (Phi) is 4.16. The minimum absolute atomic E-state index is 0.280. The van der Waals surface area contributed by atoms with E-state index < -0.39 is 5.60 Å². The fourth-order valence-corrected chi connectivity index (χ4v) is 3.40. The Morgan fingerprint density at radius 3 is 2.68 bits per heavy atom. The first-order valence-electron chi connectivity index (χ1n) is 7.24. The molecule has 0 spiro atoms. The molecule has 0 saturated heterocycles. The predicted molar refractivity (Wildman–Crippen MR) is 91.2 cm³/mol. The van der Waals surface area contributed by atoms with Crippen LogP contribution >= 0.6 is 11.3 Å². The lowest BCUT2D eigenvalue weighted by Crippen LogP contribution is -2.34. The van der Waals surface area contributed by atoms with E-state index in [-0.39, 0.29) is 5.75 Å². The van der Waals surface area contributed by atoms with E-state index >= 15 is 0 Å². The zero-order valence-corrected chi connectivity index (χ0v) is 13.2. The molecule has 22 heavy (non-hydrogen) atoms. The normalized spacial score (nSPS) is 14.1. The van der Waals surface area contributed by atoms with Crippen molar-refractivity contribution in [1.29, 1.82) is 0 Å². The third-order valence-corrected chi connectivity index (χ3v) is 4.96. The van der Waals surface area contributed by atoms with Crippen molar-refractivity contribution in [2.45, 2.75) is 19.1 Å². The highest BCUT2D eigenvalue weighted by Crippen LogP contribution is 2.28. The lowest BCUT2D eigenvalue weighted by atomic mass is 10.0. The highest BCUT2D eigenvalue weighted by Gasteiger charge is 2.23. The fourth-order valence-electron chi connectivity index (χ4n) is 2.61. The Morgan fingerprint density at radius 1 is 1.09 bits per heavy atom. The van der Waals surface area contributed by atoms with E-state index in [0.717, 1.165) is 21.2 Å². The minimum Gasteiger partial charge on any atom is -0.508 e. The van der Waals surface area contributed by atoms with Gasteiger partial charge < -0.3 is 15.5 Å². The molecule has 1 heterocycles. The third kappa shape index (κ3) is 2.99. The third-order valence-electron chi connectivity index (χ3n) is 3.84. The van der Waals surface area contributed by atoms with E-state index in [1.165, 1.54) is 0 Å². The molecule has 1 atom stereocenters. The van der Waals surface area contributed by atoms with Gasteiger partial charge in [-0.2, -0.15) is 0 Å². The Balaban J connectivity index is 1.76. The monoisotopic (exact) mass is 313 g/mol. The fraction of sp³-hybridized carbons (Fsp3) is 0.222. The highest BCUT2D eigenvalue weighted by molar-refractivity contribution is 7.10. The van der Waals surface area contributed by atoms with Gasteiger partial charge in [0.05, 0.1) is 0 Å². The summed E-state index contributed by atoms with van der Waals surface area (Å²) in [6.45, 7) is 2.74. The summed E-state index contributed by atoms with van der Waals surface area (Å²) in [6.07, 6.45) is 0. The van der Waals surface area contributed by atoms with Gasteiger partial charge in [-0.1, -0.05) is 36.4 Å². The van der Waals surface area contributed by atoms with Crippen LogP contribution in [0.5, 0.6) is 5.75 Å². The van der Waals surface area contributed by atoms with Crippen LogP contribution in [0.25, 0.3) is 10.8 Å². The van der Waals surface area contributed by atoms with Crippen LogP contribution < -0.4 is 5.32 Å². The summed E-state index contributed by atoms with van der Waals surface area (Å²) in [5.74, 6) is 0.280. The number of aliphatic hydroxyl groups is 1. The zero-order valence-electron chi connectivity index (χ0n) is 12.4. The van der Waals surface area contributed by atoms with E-state index in [4.69, 9.17) is 0 Å². The van der Waals surface area contributed by atoms with Crippen molar-refractivity contribution < 1.29 is 10.2 Å². The Labute approximate surface area is 133 Å². The topological polar surface area (TPSA) is 52.5 Å². The molecule has 3 N–H and O–H groups in total. The summed E-state index contributed by atoms with van der Waals surface area (Å²) >= 11 is 1.54. The second kappa shape index (κ2) is 6.08. The molecule has 0 saturated carbocycles. The van der Waals surface area contributed by atoms with Crippen molar-refractivity contribution in [3.63, 3.8) is 0 Å². The number of aromatic hydroxyl groups is 1. The molecule has 0 amide bonds. The average Bonchev–Trinajstić information content (AvgIpc) is 3.05. The maximum atomic E-state index is 10.5. The molecule has 1 unspecified atom stereocenters. The van der Waals surface area contributed by atoms with Gasteiger partial charge in [0.2, 0.25) is 0 Å². The van der Waals surface area contributed by atoms with Crippen molar-refractivity contribution in [2.24, 2.45) is 0 Å². The molecule has 114 valence electrons. The molecule has 0 radical (unpaired) electrons. The van der Waals surface area contributed by atoms with Crippen LogP contribution in [0.1, 0.15) is 17.4 Å². The SMILES string of the molecule is CC(O)(CNCc1c(O)ccc2ccccc12)c1cccs1. The number of phenols is 1. The Morgan fingerprint density at radius 2 is 1.91 bits per heavy atom. The van der Waals surface area contributed by atoms with Gasteiger partial charge >= 0.3 is 0 Å². The van der Waals surface area contributed by atoms with Crippen molar-refractivity contribution in [1.82, 2.24) is 5.32 Å². The van der Waals surface area contributed by atoms with Crippen molar-refractivity contribution >= 4 is 22.1 Å². The summed E-state index contributed by atoms with van der Waals surface area (Å²) in [7, 11) is 0. The second-order valence-electron chi connectivity index (χ2n) is 5.64. The number of benzene rings is 2. The van der Waals surface area contributed by atoms with E-state index in [1.54, 1.807) is 24.3 Å². The number of hydrogen-bond acceptors (Lipinski definition) is 4. The molecule has 0 bridgehead atoms. The van der Waals surface area contributed by atoms with E-state index in [2.05, 4.69) is 5.32 Å². The van der Waals surface area contributed by atoms with Crippen LogP contribution in [0.2, 0.25) is 0 Å². The summed E-state index contributed by atoms with van der Waals surface area (Å²) in [5.41, 5.74) is -0.0472. The summed E-state index contributed by atoms with van der Waals surface area (Å²) in [4.78, 5) is 0.933. The lowest BCUT2D eigenvalue weighted by Gasteiger charge is -2.22. The van der Waals surface area contributed by atoms with Gasteiger partial charge in [-0.15, -0.1) is 11.3 Å². The molecule has 0 aliphatic rings. The lowest BCUT2D eigenvalue weighted by molar-refractivity contribution is 0.0604. The number of hydrogen-bond donors (Lipinski definition) is 3. The molecule has 1 aromatic heterocycles. The maximum absolute atomic E-state index is 10.5. The van der Waals surface area contributed by atoms with Gasteiger partial charge in [0.1, 0.15) is 11.4 Å². The van der Waals surface area contributed by atoms with Crippen molar-refractivity contribution in [3.05, 3.63) is 64.4 Å². The van der Waals surface area contributed by atoms with E-state index in [1.807, 2.05) is 47.8 Å². The van der Waals surface area contributed by atoms with Crippen LogP contribution in [0.15, 0.2) is 53.9 Å². The van der Waals surface area contributed by atoms with Gasteiger partial charge in [-0.25, -0.2) is 0 Å². The summed E-state index contributed by atoms with van der Waals surface area (Å²) < 4.78 is 0. The zero-order chi connectivity index (χ0) is 15.6. The average molecular weight is 313 g/mol. The minimum atomic E-state index is -0.908. The molecule has 3 aromatic rings. The van der Waals surface area contributed by atoms with E-state index in [9.17, 15) is 10.2 Å². The first-order chi connectivity index (χ1) is 10.6. The number of fused-ring (bicyclic) bond motifs is 1. The van der Waals surface area contributed by atoms with Crippen LogP contribution in [0.3, 0.4) is 0 Å². The molecule has 0 aliphatic carbocycles. The van der Waals surface area contributed by atoms with Crippen LogP contribution in [-0.4, -0.2) is 16.8 Å². The van der Waals surface area contributed by atoms with Gasteiger partial charge in [0.25, 0.3) is 0 Å². The molecule has 0 fully saturated rings. The molecular weight excluding hydrogens is 294 g/mol. The van der Waals surface area contributed by atoms with Gasteiger partial charge in [-0.05, 0) is 35.2 Å². The predicted octanol–water partition coefficient (Wildman–Crippen LogP) is 3.60. The molecule has 0 aliphatic heterocycles. The van der Waals surface area contributed by atoms with Gasteiger partial charge in [0, 0.05) is 23.5 Å².